The second-order valence-corrected chi connectivity index (χ2v) is 5.02. The summed E-state index contributed by atoms with van der Waals surface area (Å²) in [4.78, 5) is 66.2. The first-order chi connectivity index (χ1) is 11.2. The second kappa shape index (κ2) is 6.76. The Morgan fingerprint density at radius 2 is 1.21 bits per heavy atom. The van der Waals surface area contributed by atoms with Gasteiger partial charge in [-0.25, -0.2) is 4.79 Å². The summed E-state index contributed by atoms with van der Waals surface area (Å²) in [7, 11) is 0. The first kappa shape index (κ1) is 17.6. The van der Waals surface area contributed by atoms with Crippen LogP contribution in [0.1, 0.15) is 25.7 Å². The quantitative estimate of drug-likeness (QED) is 0.409. The van der Waals surface area contributed by atoms with Gasteiger partial charge in [-0.2, -0.15) is 0 Å². The highest BCUT2D eigenvalue weighted by Crippen LogP contribution is 2.18. The predicted molar refractivity (Wildman–Crippen MR) is 70.5 cm³/mol. The van der Waals surface area contributed by atoms with E-state index in [0.717, 1.165) is 0 Å². The van der Waals surface area contributed by atoms with Gasteiger partial charge in [0.15, 0.2) is 18.0 Å². The predicted octanol–water partition coefficient (Wildman–Crippen LogP) is -2.09. The number of aliphatic hydroxyl groups is 2. The lowest BCUT2D eigenvalue weighted by Crippen LogP contribution is -2.43. The molecule has 0 aromatic heterocycles. The van der Waals surface area contributed by atoms with Crippen molar-refractivity contribution in [2.75, 3.05) is 0 Å². The third-order valence-electron chi connectivity index (χ3n) is 3.27. The molecule has 0 aliphatic carbocycles. The molecular weight excluding hydrogens is 328 g/mol. The Hall–Kier alpha value is -2.79. The van der Waals surface area contributed by atoms with Crippen molar-refractivity contribution < 1.29 is 43.9 Å². The summed E-state index contributed by atoms with van der Waals surface area (Å²) in [6, 6.07) is 0. The van der Waals surface area contributed by atoms with Crippen LogP contribution >= 0.6 is 0 Å². The summed E-state index contributed by atoms with van der Waals surface area (Å²) < 4.78 is 0. The van der Waals surface area contributed by atoms with E-state index in [4.69, 9.17) is 4.84 Å². The molecule has 24 heavy (non-hydrogen) atoms. The van der Waals surface area contributed by atoms with Crippen molar-refractivity contribution >= 4 is 29.6 Å². The van der Waals surface area contributed by atoms with Crippen LogP contribution in [0.2, 0.25) is 0 Å². The molecular formula is C13H14N2O9. The zero-order valence-corrected chi connectivity index (χ0v) is 12.3. The van der Waals surface area contributed by atoms with E-state index >= 15 is 0 Å². The molecule has 2 aliphatic rings. The van der Waals surface area contributed by atoms with Crippen molar-refractivity contribution in [3.05, 3.63) is 12.3 Å². The fourth-order valence-corrected chi connectivity index (χ4v) is 1.94. The van der Waals surface area contributed by atoms with Crippen LogP contribution in [-0.2, 0) is 33.6 Å². The maximum absolute atomic E-state index is 11.7. The van der Waals surface area contributed by atoms with E-state index in [1.807, 2.05) is 0 Å². The zero-order chi connectivity index (χ0) is 18.0. The monoisotopic (exact) mass is 342 g/mol. The average molecular weight is 342 g/mol. The van der Waals surface area contributed by atoms with Gasteiger partial charge in [0.2, 0.25) is 0 Å². The molecule has 11 nitrogen and oxygen atoms in total. The van der Waals surface area contributed by atoms with Crippen LogP contribution < -0.4 is 0 Å². The van der Waals surface area contributed by atoms with Crippen molar-refractivity contribution in [1.82, 2.24) is 10.1 Å². The van der Waals surface area contributed by atoms with Gasteiger partial charge in [-0.3, -0.25) is 19.2 Å². The van der Waals surface area contributed by atoms with Crippen LogP contribution in [0, 0.1) is 0 Å². The molecule has 0 aromatic carbocycles. The number of imide groups is 2. The van der Waals surface area contributed by atoms with E-state index in [1.54, 1.807) is 0 Å². The Kier molecular flexibility index (Phi) is 4.95. The van der Waals surface area contributed by atoms with Crippen LogP contribution in [-0.4, -0.2) is 62.1 Å². The van der Waals surface area contributed by atoms with Crippen molar-refractivity contribution in [2.45, 2.75) is 37.9 Å². The first-order valence-electron chi connectivity index (χ1n) is 6.88. The molecule has 0 radical (unpaired) electrons. The molecule has 2 rings (SSSR count). The minimum atomic E-state index is -2.26. The number of carbonyl (C=O) groups excluding carboxylic acids is 5. The molecule has 11 heteroatoms. The summed E-state index contributed by atoms with van der Waals surface area (Å²) in [5, 5.41) is 20.0. The number of hydrogen-bond acceptors (Lipinski definition) is 9. The van der Waals surface area contributed by atoms with Gasteiger partial charge in [0.1, 0.15) is 0 Å². The summed E-state index contributed by atoms with van der Waals surface area (Å²) in [5.41, 5.74) is 0. The third-order valence-corrected chi connectivity index (χ3v) is 3.27. The third kappa shape index (κ3) is 3.41. The number of hydroxylamine groups is 4. The molecule has 2 unspecified atom stereocenters. The molecule has 130 valence electrons. The van der Waals surface area contributed by atoms with Gasteiger partial charge >= 0.3 is 5.97 Å². The highest BCUT2D eigenvalue weighted by Gasteiger charge is 2.39. The topological polar surface area (TPSA) is 151 Å². The summed E-state index contributed by atoms with van der Waals surface area (Å²) >= 11 is 0. The molecule has 2 saturated heterocycles. The SMILES string of the molecule is C=C(ON1C(=O)CCC1=O)C(O)C(O)C(=O)ON1C(=O)CCC1=O. The molecule has 2 fully saturated rings. The Bertz CT molecular complexity index is 543. The standard InChI is InChI=1S/C13H14N2O9/c1-6(23-14-7(16)2-3-8(14)17)11(20)12(21)13(22)24-15-9(18)4-5-10(15)19/h11-12,20-21H,1-5H2. The van der Waals surface area contributed by atoms with Crippen LogP contribution in [0.3, 0.4) is 0 Å². The molecule has 0 spiro atoms. The Balaban J connectivity index is 1.94. The lowest BCUT2D eigenvalue weighted by molar-refractivity contribution is -0.208. The van der Waals surface area contributed by atoms with E-state index in [9.17, 15) is 34.2 Å². The molecule has 2 aliphatic heterocycles. The minimum Gasteiger partial charge on any atom is -0.382 e. The fraction of sp³-hybridized carbons (Fsp3) is 0.462. The van der Waals surface area contributed by atoms with E-state index in [1.165, 1.54) is 0 Å². The molecule has 2 atom stereocenters. The highest BCUT2D eigenvalue weighted by molar-refractivity contribution is 6.02. The Morgan fingerprint density at radius 1 is 0.833 bits per heavy atom. The molecule has 0 bridgehead atoms. The van der Waals surface area contributed by atoms with Gasteiger partial charge in [0, 0.05) is 25.7 Å². The number of hydrogen-bond donors (Lipinski definition) is 2. The molecule has 2 heterocycles. The number of carbonyl (C=O) groups is 5. The average Bonchev–Trinajstić information content (AvgIpc) is 3.03. The zero-order valence-electron chi connectivity index (χ0n) is 12.3. The first-order valence-corrected chi connectivity index (χ1v) is 6.88. The maximum atomic E-state index is 11.7. The fourth-order valence-electron chi connectivity index (χ4n) is 1.94. The van der Waals surface area contributed by atoms with Gasteiger partial charge in [0.25, 0.3) is 23.6 Å². The normalized spacial score (nSPS) is 20.4. The molecule has 0 aromatic rings. The van der Waals surface area contributed by atoms with Gasteiger partial charge in [0.05, 0.1) is 0 Å². The lowest BCUT2D eigenvalue weighted by Gasteiger charge is -2.22. The van der Waals surface area contributed by atoms with Crippen LogP contribution in [0.5, 0.6) is 0 Å². The largest absolute Gasteiger partial charge is 0.382 e. The molecule has 0 saturated carbocycles. The highest BCUT2D eigenvalue weighted by atomic mass is 16.7. The van der Waals surface area contributed by atoms with E-state index < -0.39 is 47.6 Å². The van der Waals surface area contributed by atoms with Gasteiger partial charge < -0.3 is 19.9 Å². The van der Waals surface area contributed by atoms with Crippen LogP contribution in [0.15, 0.2) is 12.3 Å². The summed E-state index contributed by atoms with van der Waals surface area (Å²) in [6.07, 6.45) is -4.75. The summed E-state index contributed by atoms with van der Waals surface area (Å²) in [6.45, 7) is 3.22. The number of aliphatic hydroxyl groups excluding tert-OH is 2. The number of amides is 4. The second-order valence-electron chi connectivity index (χ2n) is 5.02. The van der Waals surface area contributed by atoms with E-state index in [-0.39, 0.29) is 30.7 Å². The lowest BCUT2D eigenvalue weighted by atomic mass is 10.2. The maximum Gasteiger partial charge on any atom is 0.364 e. The van der Waals surface area contributed by atoms with Crippen molar-refractivity contribution in [3.8, 4) is 0 Å². The van der Waals surface area contributed by atoms with Gasteiger partial charge in [-0.1, -0.05) is 6.58 Å². The summed E-state index contributed by atoms with van der Waals surface area (Å²) in [5.74, 6) is -5.04. The van der Waals surface area contributed by atoms with E-state index in [0.29, 0.717) is 5.06 Å². The van der Waals surface area contributed by atoms with Crippen molar-refractivity contribution in [1.29, 1.82) is 0 Å². The minimum absolute atomic E-state index is 0.0774. The molecule has 4 amide bonds. The smallest absolute Gasteiger partial charge is 0.364 e. The molecule has 2 N–H and O–H groups in total. The Morgan fingerprint density at radius 3 is 1.62 bits per heavy atom. The van der Waals surface area contributed by atoms with Crippen LogP contribution in [0.4, 0.5) is 0 Å². The van der Waals surface area contributed by atoms with Gasteiger partial charge in [-0.05, 0) is 0 Å². The number of nitrogens with zero attached hydrogens (tertiary/aromatic N) is 2. The van der Waals surface area contributed by atoms with Gasteiger partial charge in [-0.15, -0.1) is 10.1 Å². The van der Waals surface area contributed by atoms with Crippen molar-refractivity contribution in [2.24, 2.45) is 0 Å². The van der Waals surface area contributed by atoms with Crippen molar-refractivity contribution in [3.63, 3.8) is 0 Å². The van der Waals surface area contributed by atoms with E-state index in [2.05, 4.69) is 11.4 Å². The number of rotatable bonds is 6. The van der Waals surface area contributed by atoms with Crippen LogP contribution in [0.25, 0.3) is 0 Å². The Labute approximate surface area is 134 Å².